The van der Waals surface area contributed by atoms with E-state index in [1.54, 1.807) is 15.3 Å². The Bertz CT molecular complexity index is 700. The van der Waals surface area contributed by atoms with Gasteiger partial charge in [-0.15, -0.1) is 11.3 Å². The molecule has 1 amide bonds. The fourth-order valence-electron chi connectivity index (χ4n) is 3.64. The van der Waals surface area contributed by atoms with Crippen LogP contribution in [0.3, 0.4) is 0 Å². The van der Waals surface area contributed by atoms with Gasteiger partial charge in [0.1, 0.15) is 0 Å². The number of amides is 1. The van der Waals surface area contributed by atoms with Crippen LogP contribution >= 0.6 is 11.3 Å². The molecular formula is C15H22N2O3S2. The maximum Gasteiger partial charge on any atom is 0.244 e. The van der Waals surface area contributed by atoms with Crippen molar-refractivity contribution < 1.29 is 13.2 Å². The van der Waals surface area contributed by atoms with Crippen LogP contribution in [0.4, 0.5) is 0 Å². The fraction of sp³-hybridized carbons (Fsp3) is 0.667. The highest BCUT2D eigenvalue weighted by Gasteiger charge is 2.45. The van der Waals surface area contributed by atoms with Crippen LogP contribution in [0, 0.1) is 19.3 Å². The molecule has 2 aliphatic heterocycles. The van der Waals surface area contributed by atoms with Crippen LogP contribution in [0.5, 0.6) is 0 Å². The Labute approximate surface area is 136 Å². The van der Waals surface area contributed by atoms with Crippen LogP contribution in [-0.4, -0.2) is 50.2 Å². The van der Waals surface area contributed by atoms with Crippen LogP contribution in [0.2, 0.25) is 0 Å². The molecule has 1 spiro atoms. The topological polar surface area (TPSA) is 57.7 Å². The fourth-order valence-corrected chi connectivity index (χ4v) is 6.61. The van der Waals surface area contributed by atoms with Gasteiger partial charge in [-0.05, 0) is 38.2 Å². The third kappa shape index (κ3) is 2.59. The van der Waals surface area contributed by atoms with Gasteiger partial charge in [0.05, 0.1) is 4.90 Å². The normalized spacial score (nSPS) is 22.7. The van der Waals surface area contributed by atoms with E-state index in [1.165, 1.54) is 11.3 Å². The SMILES string of the molecule is Cc1cc(S(=O)(=O)N2CCC3(CC2)CC(=O)N(C)C3)c(C)s1. The van der Waals surface area contributed by atoms with Crippen LogP contribution in [0.15, 0.2) is 11.0 Å². The van der Waals surface area contributed by atoms with Crippen molar-refractivity contribution >= 4 is 27.3 Å². The molecule has 0 atom stereocenters. The van der Waals surface area contributed by atoms with Gasteiger partial charge < -0.3 is 4.90 Å². The molecule has 0 aliphatic carbocycles. The third-order valence-corrected chi connectivity index (χ3v) is 8.04. The maximum absolute atomic E-state index is 12.8. The van der Waals surface area contributed by atoms with Crippen LogP contribution in [-0.2, 0) is 14.8 Å². The lowest BCUT2D eigenvalue weighted by molar-refractivity contribution is -0.126. The first-order valence-electron chi connectivity index (χ1n) is 7.55. The molecule has 5 nitrogen and oxygen atoms in total. The number of hydrogen-bond donors (Lipinski definition) is 0. The summed E-state index contributed by atoms with van der Waals surface area (Å²) in [7, 11) is -1.57. The lowest BCUT2D eigenvalue weighted by Crippen LogP contribution is -2.44. The number of piperidine rings is 1. The minimum Gasteiger partial charge on any atom is -0.345 e. The van der Waals surface area contributed by atoms with Gasteiger partial charge in [-0.2, -0.15) is 4.31 Å². The summed E-state index contributed by atoms with van der Waals surface area (Å²) in [6.45, 7) is 5.58. The average Bonchev–Trinajstić information content (AvgIpc) is 2.91. The lowest BCUT2D eigenvalue weighted by atomic mass is 9.78. The summed E-state index contributed by atoms with van der Waals surface area (Å²) >= 11 is 1.52. The Morgan fingerprint density at radius 3 is 2.32 bits per heavy atom. The second-order valence-electron chi connectivity index (χ2n) is 6.61. The molecule has 1 aromatic rings. The van der Waals surface area contributed by atoms with E-state index in [4.69, 9.17) is 0 Å². The first-order chi connectivity index (χ1) is 10.2. The number of rotatable bonds is 2. The third-order valence-electron chi connectivity index (χ3n) is 4.92. The number of likely N-dealkylation sites (tertiary alicyclic amines) is 1. The standard InChI is InChI=1S/C15H22N2O3S2/c1-11-8-13(12(2)21-11)22(19,20)17-6-4-15(5-7-17)9-14(18)16(3)10-15/h8H,4-7,9-10H2,1-3H3. The summed E-state index contributed by atoms with van der Waals surface area (Å²) in [6, 6.07) is 1.77. The van der Waals surface area contributed by atoms with Crippen LogP contribution in [0.1, 0.15) is 29.0 Å². The van der Waals surface area contributed by atoms with Crippen molar-refractivity contribution in [2.75, 3.05) is 26.7 Å². The first kappa shape index (κ1) is 16.0. The van der Waals surface area contributed by atoms with Crippen LogP contribution < -0.4 is 0 Å². The Kier molecular flexibility index (Phi) is 3.86. The zero-order valence-electron chi connectivity index (χ0n) is 13.3. The highest BCUT2D eigenvalue weighted by atomic mass is 32.2. The number of hydrogen-bond acceptors (Lipinski definition) is 4. The van der Waals surface area contributed by atoms with Crippen molar-refractivity contribution in [1.82, 2.24) is 9.21 Å². The second kappa shape index (κ2) is 5.32. The molecule has 7 heteroatoms. The minimum absolute atomic E-state index is 0.0164. The van der Waals surface area contributed by atoms with E-state index >= 15 is 0 Å². The van der Waals surface area contributed by atoms with Crippen molar-refractivity contribution in [1.29, 1.82) is 0 Å². The van der Waals surface area contributed by atoms with Crippen molar-refractivity contribution in [2.24, 2.45) is 5.41 Å². The van der Waals surface area contributed by atoms with Gasteiger partial charge in [-0.1, -0.05) is 0 Å². The summed E-state index contributed by atoms with van der Waals surface area (Å²) in [5, 5.41) is 0. The maximum atomic E-state index is 12.8. The van der Waals surface area contributed by atoms with Crippen LogP contribution in [0.25, 0.3) is 0 Å². The number of nitrogens with zero attached hydrogens (tertiary/aromatic N) is 2. The molecule has 1 aromatic heterocycles. The minimum atomic E-state index is -3.40. The summed E-state index contributed by atoms with van der Waals surface area (Å²) in [6.07, 6.45) is 2.10. The first-order valence-corrected chi connectivity index (χ1v) is 9.80. The largest absolute Gasteiger partial charge is 0.345 e. The summed E-state index contributed by atoms with van der Waals surface area (Å²) in [5.41, 5.74) is -0.0164. The predicted molar refractivity (Wildman–Crippen MR) is 86.5 cm³/mol. The van der Waals surface area contributed by atoms with E-state index in [0.717, 1.165) is 29.1 Å². The van der Waals surface area contributed by atoms with Gasteiger partial charge in [-0.25, -0.2) is 8.42 Å². The second-order valence-corrected chi connectivity index (χ2v) is 9.97. The summed E-state index contributed by atoms with van der Waals surface area (Å²) in [4.78, 5) is 15.9. The van der Waals surface area contributed by atoms with E-state index in [1.807, 2.05) is 20.9 Å². The van der Waals surface area contributed by atoms with Gasteiger partial charge in [0.15, 0.2) is 0 Å². The van der Waals surface area contributed by atoms with Crippen molar-refractivity contribution in [3.8, 4) is 0 Å². The van der Waals surface area contributed by atoms with Crippen molar-refractivity contribution in [3.05, 3.63) is 15.8 Å². The summed E-state index contributed by atoms with van der Waals surface area (Å²) < 4.78 is 27.2. The van der Waals surface area contributed by atoms with E-state index in [-0.39, 0.29) is 11.3 Å². The van der Waals surface area contributed by atoms with Gasteiger partial charge in [0.25, 0.3) is 0 Å². The highest BCUT2D eigenvalue weighted by molar-refractivity contribution is 7.89. The molecule has 3 heterocycles. The number of carbonyl (C=O) groups excluding carboxylic acids is 1. The Balaban J connectivity index is 1.76. The monoisotopic (exact) mass is 342 g/mol. The molecule has 2 fully saturated rings. The molecular weight excluding hydrogens is 320 g/mol. The predicted octanol–water partition coefficient (Wildman–Crippen LogP) is 2.00. The molecule has 0 bridgehead atoms. The molecule has 3 rings (SSSR count). The Hall–Kier alpha value is -0.920. The lowest BCUT2D eigenvalue weighted by Gasteiger charge is -2.37. The number of carbonyl (C=O) groups is 1. The zero-order chi connectivity index (χ0) is 16.1. The smallest absolute Gasteiger partial charge is 0.244 e. The Morgan fingerprint density at radius 2 is 1.86 bits per heavy atom. The number of thiophene rings is 1. The van der Waals surface area contributed by atoms with Gasteiger partial charge in [-0.3, -0.25) is 4.79 Å². The number of aryl methyl sites for hydroxylation is 2. The average molecular weight is 342 g/mol. The molecule has 22 heavy (non-hydrogen) atoms. The number of sulfonamides is 1. The molecule has 0 radical (unpaired) electrons. The van der Waals surface area contributed by atoms with Gasteiger partial charge in [0, 0.05) is 42.9 Å². The van der Waals surface area contributed by atoms with E-state index in [0.29, 0.717) is 24.4 Å². The highest BCUT2D eigenvalue weighted by Crippen LogP contribution is 2.42. The molecule has 0 unspecified atom stereocenters. The molecule has 0 N–H and O–H groups in total. The van der Waals surface area contributed by atoms with Gasteiger partial charge >= 0.3 is 0 Å². The van der Waals surface area contributed by atoms with Crippen molar-refractivity contribution in [3.63, 3.8) is 0 Å². The van der Waals surface area contributed by atoms with Gasteiger partial charge in [0.2, 0.25) is 15.9 Å². The summed E-state index contributed by atoms with van der Waals surface area (Å²) in [5.74, 6) is 0.181. The quantitative estimate of drug-likeness (QED) is 0.826. The molecule has 122 valence electrons. The molecule has 2 saturated heterocycles. The van der Waals surface area contributed by atoms with Crippen molar-refractivity contribution in [2.45, 2.75) is 38.0 Å². The zero-order valence-corrected chi connectivity index (χ0v) is 14.9. The molecule has 0 saturated carbocycles. The molecule has 2 aliphatic rings. The molecule has 0 aromatic carbocycles. The Morgan fingerprint density at radius 1 is 1.23 bits per heavy atom. The van der Waals surface area contributed by atoms with E-state index in [2.05, 4.69) is 0 Å². The van der Waals surface area contributed by atoms with E-state index in [9.17, 15) is 13.2 Å². The van der Waals surface area contributed by atoms with E-state index < -0.39 is 10.0 Å².